The van der Waals surface area contributed by atoms with Crippen molar-refractivity contribution in [2.45, 2.75) is 56.9 Å². The summed E-state index contributed by atoms with van der Waals surface area (Å²) >= 11 is 2.87. The molecule has 1 aromatic carbocycles. The standard InChI is InChI=1S/C29H31N3O4S2/c1-3-36-29(34)26-22-8-6-4-5-7-9-24(22)38-28(26)32-25(33)16-17-37-27-20(18-30)12-15-23(31-27)19-10-13-21(35-2)14-11-19/h10-15H,3-9,16-17H2,1-2H3,(H,32,33). The predicted octanol–water partition coefficient (Wildman–Crippen LogP) is 6.65. The van der Waals surface area contributed by atoms with Gasteiger partial charge in [-0.1, -0.05) is 12.8 Å². The number of rotatable bonds is 9. The predicted molar refractivity (Wildman–Crippen MR) is 151 cm³/mol. The van der Waals surface area contributed by atoms with E-state index in [1.54, 1.807) is 20.1 Å². The molecule has 0 atom stereocenters. The van der Waals surface area contributed by atoms with E-state index in [-0.39, 0.29) is 24.9 Å². The van der Waals surface area contributed by atoms with Crippen LogP contribution in [0.4, 0.5) is 5.00 Å². The Morgan fingerprint density at radius 2 is 1.87 bits per heavy atom. The number of aromatic nitrogens is 1. The molecule has 38 heavy (non-hydrogen) atoms. The molecule has 0 fully saturated rings. The van der Waals surface area contributed by atoms with Crippen molar-refractivity contribution in [3.05, 3.63) is 58.0 Å². The number of benzene rings is 1. The van der Waals surface area contributed by atoms with Gasteiger partial charge in [-0.3, -0.25) is 4.79 Å². The largest absolute Gasteiger partial charge is 0.497 e. The van der Waals surface area contributed by atoms with Crippen LogP contribution < -0.4 is 10.1 Å². The molecule has 0 unspecified atom stereocenters. The van der Waals surface area contributed by atoms with Gasteiger partial charge in [0, 0.05) is 22.6 Å². The van der Waals surface area contributed by atoms with E-state index in [4.69, 9.17) is 9.47 Å². The maximum atomic E-state index is 12.9. The van der Waals surface area contributed by atoms with Gasteiger partial charge in [-0.25, -0.2) is 9.78 Å². The normalized spacial score (nSPS) is 13.0. The molecule has 0 bridgehead atoms. The number of thiophene rings is 1. The van der Waals surface area contributed by atoms with Crippen LogP contribution >= 0.6 is 23.1 Å². The topological polar surface area (TPSA) is 101 Å². The molecule has 7 nitrogen and oxygen atoms in total. The molecule has 1 N–H and O–H groups in total. The lowest BCUT2D eigenvalue weighted by Gasteiger charge is -2.11. The molecule has 198 valence electrons. The number of anilines is 1. The molecule has 1 aliphatic rings. The maximum Gasteiger partial charge on any atom is 0.341 e. The summed E-state index contributed by atoms with van der Waals surface area (Å²) in [6, 6.07) is 13.3. The van der Waals surface area contributed by atoms with Crippen molar-refractivity contribution in [3.63, 3.8) is 0 Å². The van der Waals surface area contributed by atoms with Crippen LogP contribution in [0.15, 0.2) is 41.4 Å². The molecule has 2 heterocycles. The highest BCUT2D eigenvalue weighted by Crippen LogP contribution is 2.38. The molecular weight excluding hydrogens is 518 g/mol. The number of thioether (sulfide) groups is 1. The van der Waals surface area contributed by atoms with E-state index in [2.05, 4.69) is 16.4 Å². The van der Waals surface area contributed by atoms with Crippen LogP contribution in [-0.2, 0) is 22.4 Å². The van der Waals surface area contributed by atoms with Crippen molar-refractivity contribution < 1.29 is 19.1 Å². The van der Waals surface area contributed by atoms with E-state index in [1.165, 1.54) is 34.4 Å². The zero-order valence-corrected chi connectivity index (χ0v) is 23.3. The summed E-state index contributed by atoms with van der Waals surface area (Å²) in [6.45, 7) is 2.08. The second-order valence-electron chi connectivity index (χ2n) is 8.88. The second-order valence-corrected chi connectivity index (χ2v) is 11.1. The number of amides is 1. The van der Waals surface area contributed by atoms with Crippen LogP contribution in [0, 0.1) is 11.3 Å². The quantitative estimate of drug-likeness (QED) is 0.236. The van der Waals surface area contributed by atoms with Gasteiger partial charge in [0.05, 0.1) is 30.5 Å². The lowest BCUT2D eigenvalue weighted by molar-refractivity contribution is -0.115. The number of hydrogen-bond acceptors (Lipinski definition) is 8. The van der Waals surface area contributed by atoms with Crippen molar-refractivity contribution in [2.75, 3.05) is 24.8 Å². The highest BCUT2D eigenvalue weighted by molar-refractivity contribution is 7.99. The fourth-order valence-corrected chi connectivity index (χ4v) is 6.62. The molecule has 0 radical (unpaired) electrons. The van der Waals surface area contributed by atoms with E-state index in [9.17, 15) is 14.9 Å². The zero-order chi connectivity index (χ0) is 26.9. The smallest absolute Gasteiger partial charge is 0.341 e. The van der Waals surface area contributed by atoms with E-state index in [0.717, 1.165) is 54.7 Å². The van der Waals surface area contributed by atoms with Crippen molar-refractivity contribution in [3.8, 4) is 23.1 Å². The van der Waals surface area contributed by atoms with Crippen molar-refractivity contribution in [1.29, 1.82) is 5.26 Å². The van der Waals surface area contributed by atoms with Crippen molar-refractivity contribution >= 4 is 40.0 Å². The number of aryl methyl sites for hydroxylation is 1. The minimum atomic E-state index is -0.367. The Morgan fingerprint density at radius 1 is 1.11 bits per heavy atom. The molecule has 3 aromatic rings. The van der Waals surface area contributed by atoms with Crippen LogP contribution in [0.2, 0.25) is 0 Å². The number of carbonyl (C=O) groups excluding carboxylic acids is 2. The van der Waals surface area contributed by atoms with Gasteiger partial charge in [-0.2, -0.15) is 5.26 Å². The summed E-state index contributed by atoms with van der Waals surface area (Å²) < 4.78 is 10.6. The third-order valence-corrected chi connectivity index (χ3v) is 8.54. The summed E-state index contributed by atoms with van der Waals surface area (Å²) in [5, 5.41) is 13.7. The Morgan fingerprint density at radius 3 is 2.58 bits per heavy atom. The molecule has 0 saturated heterocycles. The van der Waals surface area contributed by atoms with Gasteiger partial charge in [0.1, 0.15) is 21.8 Å². The minimum Gasteiger partial charge on any atom is -0.497 e. The summed E-state index contributed by atoms with van der Waals surface area (Å²) in [6.07, 6.45) is 6.42. The number of carbonyl (C=O) groups is 2. The van der Waals surface area contributed by atoms with Crippen LogP contribution in [0.5, 0.6) is 5.75 Å². The fraction of sp³-hybridized carbons (Fsp3) is 0.379. The van der Waals surface area contributed by atoms with Gasteiger partial charge in [-0.15, -0.1) is 23.1 Å². The number of nitrogens with one attached hydrogen (secondary N) is 1. The monoisotopic (exact) mass is 549 g/mol. The molecule has 4 rings (SSSR count). The van der Waals surface area contributed by atoms with E-state index >= 15 is 0 Å². The zero-order valence-electron chi connectivity index (χ0n) is 21.7. The lowest BCUT2D eigenvalue weighted by Crippen LogP contribution is -2.15. The highest BCUT2D eigenvalue weighted by atomic mass is 32.2. The fourth-order valence-electron chi connectivity index (χ4n) is 4.41. The molecule has 0 aliphatic heterocycles. The number of nitrogens with zero attached hydrogens (tertiary/aromatic N) is 2. The lowest BCUT2D eigenvalue weighted by atomic mass is 9.96. The minimum absolute atomic E-state index is 0.179. The number of methoxy groups -OCH3 is 1. The Balaban J connectivity index is 1.44. The van der Waals surface area contributed by atoms with E-state index in [1.807, 2.05) is 30.3 Å². The summed E-state index contributed by atoms with van der Waals surface area (Å²) in [4.78, 5) is 31.6. The van der Waals surface area contributed by atoms with Gasteiger partial charge in [0.15, 0.2) is 0 Å². The maximum absolute atomic E-state index is 12.9. The number of hydrogen-bond donors (Lipinski definition) is 1. The van der Waals surface area contributed by atoms with Crippen molar-refractivity contribution in [1.82, 2.24) is 4.98 Å². The number of nitriles is 1. The Bertz CT molecular complexity index is 1330. The first kappa shape index (κ1) is 27.7. The number of ether oxygens (including phenoxy) is 2. The summed E-state index contributed by atoms with van der Waals surface area (Å²) in [5.41, 5.74) is 3.69. The van der Waals surface area contributed by atoms with Gasteiger partial charge in [-0.05, 0) is 74.6 Å². The SMILES string of the molecule is CCOC(=O)c1c(NC(=O)CCSc2nc(-c3ccc(OC)cc3)ccc2C#N)sc2c1CCCCCC2. The Hall–Kier alpha value is -3.35. The molecule has 2 aromatic heterocycles. The van der Waals surface area contributed by atoms with Gasteiger partial charge in [0.2, 0.25) is 5.91 Å². The molecular formula is C29H31N3O4S2. The van der Waals surface area contributed by atoms with Crippen molar-refractivity contribution in [2.24, 2.45) is 0 Å². The Labute approximate surface area is 231 Å². The molecule has 0 saturated carbocycles. The summed E-state index contributed by atoms with van der Waals surface area (Å²) in [7, 11) is 1.62. The average Bonchev–Trinajstić information content (AvgIpc) is 3.24. The first-order valence-corrected chi connectivity index (χ1v) is 14.6. The second kappa shape index (κ2) is 13.4. The summed E-state index contributed by atoms with van der Waals surface area (Å²) in [5.74, 6) is 0.654. The van der Waals surface area contributed by atoms with Gasteiger partial charge in [0.25, 0.3) is 0 Å². The highest BCUT2D eigenvalue weighted by Gasteiger charge is 2.26. The van der Waals surface area contributed by atoms with Crippen LogP contribution in [0.25, 0.3) is 11.3 Å². The molecule has 9 heteroatoms. The average molecular weight is 550 g/mol. The Kier molecular flexibility index (Phi) is 9.79. The third kappa shape index (κ3) is 6.74. The van der Waals surface area contributed by atoms with Crippen LogP contribution in [0.1, 0.15) is 65.4 Å². The molecule has 1 amide bonds. The van der Waals surface area contributed by atoms with E-state index < -0.39 is 0 Å². The number of pyridine rings is 1. The van der Waals surface area contributed by atoms with E-state index in [0.29, 0.717) is 26.9 Å². The number of esters is 1. The molecule has 0 spiro atoms. The van der Waals surface area contributed by atoms with Crippen LogP contribution in [0.3, 0.4) is 0 Å². The van der Waals surface area contributed by atoms with Crippen LogP contribution in [-0.4, -0.2) is 36.3 Å². The molecule has 1 aliphatic carbocycles. The van der Waals surface area contributed by atoms with Gasteiger partial charge < -0.3 is 14.8 Å². The first-order chi connectivity index (χ1) is 18.5. The third-order valence-electron chi connectivity index (χ3n) is 6.34. The first-order valence-electron chi connectivity index (χ1n) is 12.8. The van der Waals surface area contributed by atoms with Gasteiger partial charge >= 0.3 is 5.97 Å². The number of fused-ring (bicyclic) bond motifs is 1.